The Morgan fingerprint density at radius 3 is 1.39 bits per heavy atom. The molecule has 0 aromatic heterocycles. The molecule has 0 fully saturated rings. The van der Waals surface area contributed by atoms with Crippen LogP contribution in [0.2, 0.25) is 0 Å². The molecule has 0 aliphatic rings. The summed E-state index contributed by atoms with van der Waals surface area (Å²) in [6, 6.07) is 0. The van der Waals surface area contributed by atoms with Crippen LogP contribution in [-0.2, 0) is 33.2 Å². The molecule has 7 heteroatoms. The number of hydrogen-bond acceptors (Lipinski definition) is 7. The number of hydrogen-bond donors (Lipinski definition) is 0. The smallest absolute Gasteiger partial charge is 0.305 e. The van der Waals surface area contributed by atoms with E-state index < -0.39 is 0 Å². The Hall–Kier alpha value is -0.730. The van der Waals surface area contributed by atoms with E-state index >= 15 is 0 Å². The number of carbonyl (C=O) groups is 1. The maximum absolute atomic E-state index is 11.1. The SMILES string of the molecule is CCCCCCCOCCOCCOCCOCCOCCOC(=O)CCC. The summed E-state index contributed by atoms with van der Waals surface area (Å²) in [5.74, 6) is -0.172. The Bertz CT molecular complexity index is 313. The van der Waals surface area contributed by atoms with Crippen molar-refractivity contribution in [3.8, 4) is 0 Å². The summed E-state index contributed by atoms with van der Waals surface area (Å²) in [7, 11) is 0. The third-order valence-electron chi connectivity index (χ3n) is 3.83. The molecule has 7 nitrogen and oxygen atoms in total. The Labute approximate surface area is 171 Å². The van der Waals surface area contributed by atoms with E-state index in [2.05, 4.69) is 6.92 Å². The lowest BCUT2D eigenvalue weighted by atomic mass is 10.2. The van der Waals surface area contributed by atoms with Gasteiger partial charge in [-0.3, -0.25) is 4.79 Å². The minimum Gasteiger partial charge on any atom is -0.463 e. The second-order valence-electron chi connectivity index (χ2n) is 6.45. The molecular formula is C21H42O7. The first-order valence-electron chi connectivity index (χ1n) is 10.9. The normalized spacial score (nSPS) is 11.1. The van der Waals surface area contributed by atoms with Gasteiger partial charge in [-0.2, -0.15) is 0 Å². The fourth-order valence-electron chi connectivity index (χ4n) is 2.28. The van der Waals surface area contributed by atoms with Crippen LogP contribution in [0.4, 0.5) is 0 Å². The van der Waals surface area contributed by atoms with E-state index in [1.807, 2.05) is 6.92 Å². The van der Waals surface area contributed by atoms with E-state index in [9.17, 15) is 4.79 Å². The Morgan fingerprint density at radius 1 is 0.500 bits per heavy atom. The van der Waals surface area contributed by atoms with Crippen molar-refractivity contribution in [2.75, 3.05) is 72.7 Å². The highest BCUT2D eigenvalue weighted by molar-refractivity contribution is 5.69. The zero-order valence-electron chi connectivity index (χ0n) is 18.1. The van der Waals surface area contributed by atoms with E-state index in [-0.39, 0.29) is 5.97 Å². The van der Waals surface area contributed by atoms with Gasteiger partial charge in [-0.25, -0.2) is 0 Å². The summed E-state index contributed by atoms with van der Waals surface area (Å²) in [5, 5.41) is 0. The molecule has 0 aromatic rings. The summed E-state index contributed by atoms with van der Waals surface area (Å²) in [6.07, 6.45) is 7.55. The standard InChI is InChI=1S/C21H42O7/c1-3-5-6-7-8-10-23-11-12-24-13-14-25-15-16-26-17-18-27-19-20-28-21(22)9-4-2/h3-20H2,1-2H3. The molecule has 0 saturated heterocycles. The zero-order chi connectivity index (χ0) is 20.5. The zero-order valence-corrected chi connectivity index (χ0v) is 18.1. The number of ether oxygens (including phenoxy) is 6. The Kier molecular flexibility index (Phi) is 23.7. The topological polar surface area (TPSA) is 72.5 Å². The van der Waals surface area contributed by atoms with Crippen molar-refractivity contribution in [2.24, 2.45) is 0 Å². The molecule has 0 spiro atoms. The average molecular weight is 407 g/mol. The Morgan fingerprint density at radius 2 is 0.929 bits per heavy atom. The second-order valence-corrected chi connectivity index (χ2v) is 6.45. The first kappa shape index (κ1) is 27.3. The van der Waals surface area contributed by atoms with Crippen LogP contribution in [0.5, 0.6) is 0 Å². The van der Waals surface area contributed by atoms with E-state index in [1.165, 1.54) is 25.7 Å². The molecule has 0 aromatic carbocycles. The van der Waals surface area contributed by atoms with E-state index in [1.54, 1.807) is 0 Å². The van der Waals surface area contributed by atoms with Crippen molar-refractivity contribution in [3.05, 3.63) is 0 Å². The van der Waals surface area contributed by atoms with Crippen LogP contribution >= 0.6 is 0 Å². The fraction of sp³-hybridized carbons (Fsp3) is 0.952. The van der Waals surface area contributed by atoms with Gasteiger partial charge in [-0.1, -0.05) is 39.5 Å². The molecule has 0 aliphatic carbocycles. The highest BCUT2D eigenvalue weighted by Gasteiger charge is 1.99. The van der Waals surface area contributed by atoms with Crippen molar-refractivity contribution in [3.63, 3.8) is 0 Å². The van der Waals surface area contributed by atoms with Gasteiger partial charge in [-0.05, 0) is 12.8 Å². The molecule has 0 radical (unpaired) electrons. The lowest BCUT2D eigenvalue weighted by Gasteiger charge is -2.08. The lowest BCUT2D eigenvalue weighted by Crippen LogP contribution is -2.15. The van der Waals surface area contributed by atoms with Gasteiger partial charge in [0.15, 0.2) is 0 Å². The summed E-state index contributed by atoms with van der Waals surface area (Å²) in [4.78, 5) is 11.1. The first-order valence-corrected chi connectivity index (χ1v) is 10.9. The van der Waals surface area contributed by atoms with Crippen LogP contribution in [0.3, 0.4) is 0 Å². The summed E-state index contributed by atoms with van der Waals surface area (Å²) < 4.78 is 32.1. The molecule has 0 N–H and O–H groups in total. The molecular weight excluding hydrogens is 364 g/mol. The summed E-state index contributed by atoms with van der Waals surface area (Å²) in [6.45, 7) is 10.1. The quantitative estimate of drug-likeness (QED) is 0.190. The first-order chi connectivity index (χ1) is 13.8. The molecule has 0 unspecified atom stereocenters. The largest absolute Gasteiger partial charge is 0.463 e. The maximum Gasteiger partial charge on any atom is 0.305 e. The van der Waals surface area contributed by atoms with Crippen molar-refractivity contribution in [1.82, 2.24) is 0 Å². The third-order valence-corrected chi connectivity index (χ3v) is 3.83. The van der Waals surface area contributed by atoms with Crippen molar-refractivity contribution in [1.29, 1.82) is 0 Å². The van der Waals surface area contributed by atoms with Crippen LogP contribution < -0.4 is 0 Å². The van der Waals surface area contributed by atoms with Gasteiger partial charge in [0.1, 0.15) is 6.61 Å². The van der Waals surface area contributed by atoms with Crippen molar-refractivity contribution in [2.45, 2.75) is 58.8 Å². The van der Waals surface area contributed by atoms with Crippen LogP contribution in [0.25, 0.3) is 0 Å². The molecule has 0 rings (SSSR count). The van der Waals surface area contributed by atoms with Gasteiger partial charge in [0.25, 0.3) is 0 Å². The second kappa shape index (κ2) is 24.3. The van der Waals surface area contributed by atoms with Crippen LogP contribution in [0, 0.1) is 0 Å². The van der Waals surface area contributed by atoms with Gasteiger partial charge >= 0.3 is 5.97 Å². The van der Waals surface area contributed by atoms with Gasteiger partial charge in [-0.15, -0.1) is 0 Å². The van der Waals surface area contributed by atoms with Crippen molar-refractivity contribution < 1.29 is 33.2 Å². The molecule has 0 aliphatic heterocycles. The maximum atomic E-state index is 11.1. The predicted octanol–water partition coefficient (Wildman–Crippen LogP) is 3.38. The molecule has 0 bridgehead atoms. The number of rotatable bonds is 23. The van der Waals surface area contributed by atoms with Crippen LogP contribution in [-0.4, -0.2) is 78.6 Å². The minimum atomic E-state index is -0.172. The minimum absolute atomic E-state index is 0.172. The molecule has 0 heterocycles. The highest BCUT2D eigenvalue weighted by atomic mass is 16.6. The predicted molar refractivity (Wildman–Crippen MR) is 109 cm³/mol. The van der Waals surface area contributed by atoms with Gasteiger partial charge in [0, 0.05) is 13.0 Å². The Balaban J connectivity index is 3.02. The summed E-state index contributed by atoms with van der Waals surface area (Å²) in [5.41, 5.74) is 0. The monoisotopic (exact) mass is 406 g/mol. The van der Waals surface area contributed by atoms with Gasteiger partial charge in [0.2, 0.25) is 0 Å². The van der Waals surface area contributed by atoms with E-state index in [4.69, 9.17) is 28.4 Å². The molecule has 28 heavy (non-hydrogen) atoms. The van der Waals surface area contributed by atoms with E-state index in [0.29, 0.717) is 72.5 Å². The van der Waals surface area contributed by atoms with Crippen molar-refractivity contribution >= 4 is 5.97 Å². The van der Waals surface area contributed by atoms with Crippen LogP contribution in [0.1, 0.15) is 58.8 Å². The van der Waals surface area contributed by atoms with Gasteiger partial charge in [0.05, 0.1) is 59.5 Å². The lowest BCUT2D eigenvalue weighted by molar-refractivity contribution is -0.145. The fourth-order valence-corrected chi connectivity index (χ4v) is 2.28. The molecule has 168 valence electrons. The molecule has 0 atom stereocenters. The number of esters is 1. The third kappa shape index (κ3) is 23.3. The highest BCUT2D eigenvalue weighted by Crippen LogP contribution is 2.02. The average Bonchev–Trinajstić information content (AvgIpc) is 2.69. The summed E-state index contributed by atoms with van der Waals surface area (Å²) >= 11 is 0. The number of unbranched alkanes of at least 4 members (excludes halogenated alkanes) is 4. The van der Waals surface area contributed by atoms with Gasteiger partial charge < -0.3 is 28.4 Å². The molecule has 0 amide bonds. The number of carbonyl (C=O) groups excluding carboxylic acids is 1. The molecule has 0 saturated carbocycles. The van der Waals surface area contributed by atoms with Crippen LogP contribution in [0.15, 0.2) is 0 Å². The van der Waals surface area contributed by atoms with E-state index in [0.717, 1.165) is 19.4 Å².